The van der Waals surface area contributed by atoms with Crippen molar-refractivity contribution in [3.8, 4) is 0 Å². The van der Waals surface area contributed by atoms with Gasteiger partial charge < -0.3 is 14.9 Å². The first-order valence-electron chi connectivity index (χ1n) is 6.06. The smallest absolute Gasteiger partial charge is 0.407 e. The molecule has 2 aliphatic rings. The minimum absolute atomic E-state index is 0.119. The normalized spacial score (nSPS) is 23.8. The molecule has 0 aromatic carbocycles. The zero-order valence-electron chi connectivity index (χ0n) is 10.7. The third-order valence-electron chi connectivity index (χ3n) is 3.96. The molecule has 96 valence electrons. The molecule has 0 aromatic rings. The lowest BCUT2D eigenvalue weighted by Crippen LogP contribution is -2.69. The van der Waals surface area contributed by atoms with Gasteiger partial charge in [0.25, 0.3) is 0 Å². The Balaban J connectivity index is 1.98. The van der Waals surface area contributed by atoms with Crippen molar-refractivity contribution in [3.63, 3.8) is 0 Å². The maximum atomic E-state index is 12.2. The number of likely N-dealkylation sites (tertiary alicyclic amines) is 2. The predicted molar refractivity (Wildman–Crippen MR) is 62.7 cm³/mol. The molecule has 2 amide bonds. The second kappa shape index (κ2) is 3.62. The molecule has 0 bridgehead atoms. The van der Waals surface area contributed by atoms with Crippen LogP contribution in [0.15, 0.2) is 0 Å². The fraction of sp³-hybridized carbons (Fsp3) is 0.833. The Morgan fingerprint density at radius 3 is 2.18 bits per heavy atom. The topological polar surface area (TPSA) is 60.9 Å². The van der Waals surface area contributed by atoms with E-state index in [1.165, 1.54) is 4.90 Å². The Bertz CT molecular complexity index is 351. The van der Waals surface area contributed by atoms with Crippen LogP contribution in [-0.4, -0.2) is 52.1 Å². The summed E-state index contributed by atoms with van der Waals surface area (Å²) in [5.41, 5.74) is -0.383. The molecule has 1 spiro atoms. The Kier molecular flexibility index (Phi) is 2.60. The van der Waals surface area contributed by atoms with E-state index in [1.54, 1.807) is 0 Å². The standard InChI is InChI=1S/C12H20N2O3/c1-11(2,3)14-8-12(9(14)15)4-6-13(7-5-12)10(16)17/h4-8H2,1-3H3,(H,16,17). The first-order chi connectivity index (χ1) is 7.76. The largest absolute Gasteiger partial charge is 0.465 e. The molecule has 2 rings (SSSR count). The van der Waals surface area contributed by atoms with Crippen molar-refractivity contribution < 1.29 is 14.7 Å². The van der Waals surface area contributed by atoms with Crippen molar-refractivity contribution in [3.05, 3.63) is 0 Å². The van der Waals surface area contributed by atoms with Gasteiger partial charge in [-0.2, -0.15) is 0 Å². The number of carboxylic acid groups (broad SMARTS) is 1. The van der Waals surface area contributed by atoms with Crippen molar-refractivity contribution in [1.29, 1.82) is 0 Å². The molecular formula is C12H20N2O3. The second-order valence-electron chi connectivity index (χ2n) is 6.11. The van der Waals surface area contributed by atoms with Gasteiger partial charge in [-0.05, 0) is 33.6 Å². The molecule has 5 nitrogen and oxygen atoms in total. The summed E-state index contributed by atoms with van der Waals surface area (Å²) in [5, 5.41) is 8.88. The van der Waals surface area contributed by atoms with Crippen LogP contribution < -0.4 is 0 Å². The van der Waals surface area contributed by atoms with Crippen LogP contribution in [0.4, 0.5) is 4.79 Å². The van der Waals surface area contributed by atoms with E-state index in [0.717, 1.165) is 6.54 Å². The third-order valence-corrected chi connectivity index (χ3v) is 3.96. The maximum Gasteiger partial charge on any atom is 0.407 e. The number of amides is 2. The summed E-state index contributed by atoms with van der Waals surface area (Å²) in [6.45, 7) is 7.85. The molecule has 5 heteroatoms. The van der Waals surface area contributed by atoms with E-state index in [1.807, 2.05) is 25.7 Å². The molecule has 1 N–H and O–H groups in total. The Labute approximate surface area is 101 Å². The van der Waals surface area contributed by atoms with Crippen LogP contribution in [0.2, 0.25) is 0 Å². The van der Waals surface area contributed by atoms with Gasteiger partial charge in [0.2, 0.25) is 5.91 Å². The van der Waals surface area contributed by atoms with E-state index in [9.17, 15) is 9.59 Å². The minimum Gasteiger partial charge on any atom is -0.465 e. The quantitative estimate of drug-likeness (QED) is 0.651. The summed E-state index contributed by atoms with van der Waals surface area (Å²) in [6.07, 6.45) is 0.467. The highest BCUT2D eigenvalue weighted by Crippen LogP contribution is 2.44. The molecule has 2 heterocycles. The molecule has 0 saturated carbocycles. The maximum absolute atomic E-state index is 12.2. The molecule has 2 aliphatic heterocycles. The monoisotopic (exact) mass is 240 g/mol. The molecule has 2 fully saturated rings. The SMILES string of the molecule is CC(C)(C)N1CC2(CCN(C(=O)O)CC2)C1=O. The predicted octanol–water partition coefficient (Wildman–Crippen LogP) is 1.39. The van der Waals surface area contributed by atoms with Crippen molar-refractivity contribution in [2.45, 2.75) is 39.2 Å². The van der Waals surface area contributed by atoms with E-state index in [-0.39, 0.29) is 16.9 Å². The van der Waals surface area contributed by atoms with Crippen LogP contribution in [0, 0.1) is 5.41 Å². The molecular weight excluding hydrogens is 220 g/mol. The van der Waals surface area contributed by atoms with Gasteiger partial charge in [0, 0.05) is 25.2 Å². The summed E-state index contributed by atoms with van der Waals surface area (Å²) in [6, 6.07) is 0. The van der Waals surface area contributed by atoms with Crippen LogP contribution in [0.1, 0.15) is 33.6 Å². The molecule has 17 heavy (non-hydrogen) atoms. The number of rotatable bonds is 0. The number of β-lactam (4-membered cyclic amide) rings is 1. The van der Waals surface area contributed by atoms with Gasteiger partial charge in [-0.15, -0.1) is 0 Å². The van der Waals surface area contributed by atoms with Crippen LogP contribution >= 0.6 is 0 Å². The lowest BCUT2D eigenvalue weighted by Gasteiger charge is -2.56. The highest BCUT2D eigenvalue weighted by molar-refractivity contribution is 5.89. The van der Waals surface area contributed by atoms with Crippen molar-refractivity contribution >= 4 is 12.0 Å². The van der Waals surface area contributed by atoms with Gasteiger partial charge >= 0.3 is 6.09 Å². The molecule has 0 radical (unpaired) electrons. The number of carbonyl (C=O) groups excluding carboxylic acids is 1. The van der Waals surface area contributed by atoms with E-state index >= 15 is 0 Å². The number of carbonyl (C=O) groups is 2. The second-order valence-corrected chi connectivity index (χ2v) is 6.11. The van der Waals surface area contributed by atoms with Gasteiger partial charge in [-0.3, -0.25) is 4.79 Å². The average molecular weight is 240 g/mol. The number of hydrogen-bond acceptors (Lipinski definition) is 2. The zero-order chi connectivity index (χ0) is 12.8. The molecule has 0 aliphatic carbocycles. The lowest BCUT2D eigenvalue weighted by atomic mass is 9.69. The summed E-state index contributed by atoms with van der Waals surface area (Å²) in [4.78, 5) is 26.3. The van der Waals surface area contributed by atoms with E-state index in [2.05, 4.69) is 0 Å². The van der Waals surface area contributed by atoms with Crippen LogP contribution in [0.5, 0.6) is 0 Å². The highest BCUT2D eigenvalue weighted by Gasteiger charge is 2.55. The summed E-state index contributed by atoms with van der Waals surface area (Å²) in [7, 11) is 0. The minimum atomic E-state index is -0.876. The molecule has 0 aromatic heterocycles. The van der Waals surface area contributed by atoms with Crippen molar-refractivity contribution in [2.24, 2.45) is 5.41 Å². The van der Waals surface area contributed by atoms with Crippen LogP contribution in [0.3, 0.4) is 0 Å². The number of piperidine rings is 1. The Morgan fingerprint density at radius 1 is 1.29 bits per heavy atom. The molecule has 0 atom stereocenters. The number of nitrogens with zero attached hydrogens (tertiary/aromatic N) is 2. The van der Waals surface area contributed by atoms with Crippen molar-refractivity contribution in [1.82, 2.24) is 9.80 Å². The fourth-order valence-corrected chi connectivity index (χ4v) is 2.68. The van der Waals surface area contributed by atoms with Gasteiger partial charge in [0.1, 0.15) is 0 Å². The first-order valence-corrected chi connectivity index (χ1v) is 6.06. The zero-order valence-corrected chi connectivity index (χ0v) is 10.7. The van der Waals surface area contributed by atoms with Crippen LogP contribution in [-0.2, 0) is 4.79 Å². The van der Waals surface area contributed by atoms with Gasteiger partial charge in [-0.1, -0.05) is 0 Å². The molecule has 2 saturated heterocycles. The number of hydrogen-bond donors (Lipinski definition) is 1. The summed E-state index contributed by atoms with van der Waals surface area (Å²) < 4.78 is 0. The lowest BCUT2D eigenvalue weighted by molar-refractivity contribution is -0.174. The van der Waals surface area contributed by atoms with Crippen molar-refractivity contribution in [2.75, 3.05) is 19.6 Å². The van der Waals surface area contributed by atoms with E-state index in [0.29, 0.717) is 25.9 Å². The van der Waals surface area contributed by atoms with E-state index < -0.39 is 6.09 Å². The van der Waals surface area contributed by atoms with E-state index in [4.69, 9.17) is 5.11 Å². The summed E-state index contributed by atoms with van der Waals surface area (Å²) >= 11 is 0. The Morgan fingerprint density at radius 2 is 1.82 bits per heavy atom. The third kappa shape index (κ3) is 1.87. The first kappa shape index (κ1) is 12.2. The highest BCUT2D eigenvalue weighted by atomic mass is 16.4. The van der Waals surface area contributed by atoms with Gasteiger partial charge in [0.05, 0.1) is 5.41 Å². The average Bonchev–Trinajstić information content (AvgIpc) is 2.24. The fourth-order valence-electron chi connectivity index (χ4n) is 2.68. The summed E-state index contributed by atoms with van der Waals surface area (Å²) in [5.74, 6) is 0.204. The van der Waals surface area contributed by atoms with Gasteiger partial charge in [-0.25, -0.2) is 4.79 Å². The Hall–Kier alpha value is -1.26. The van der Waals surface area contributed by atoms with Gasteiger partial charge in [0.15, 0.2) is 0 Å². The van der Waals surface area contributed by atoms with Crippen LogP contribution in [0.25, 0.3) is 0 Å². The molecule has 0 unspecified atom stereocenters.